The third-order valence-corrected chi connectivity index (χ3v) is 8.62. The number of benzene rings is 1. The molecule has 238 valence electrons. The van der Waals surface area contributed by atoms with Crippen molar-refractivity contribution in [2.45, 2.75) is 39.7 Å². The van der Waals surface area contributed by atoms with Gasteiger partial charge in [0, 0.05) is 37.3 Å². The fourth-order valence-corrected chi connectivity index (χ4v) is 6.21. The van der Waals surface area contributed by atoms with Crippen LogP contribution in [0.1, 0.15) is 43.5 Å². The maximum absolute atomic E-state index is 15.4. The number of fused-ring (bicyclic) bond motifs is 1. The number of rotatable bonds is 5. The van der Waals surface area contributed by atoms with Crippen LogP contribution in [-0.2, 0) is 4.79 Å². The molecule has 0 bridgehead atoms. The number of halogens is 5. The van der Waals surface area contributed by atoms with Crippen molar-refractivity contribution < 1.29 is 23.1 Å². The summed E-state index contributed by atoms with van der Waals surface area (Å²) in [6.07, 6.45) is 2.76. The van der Waals surface area contributed by atoms with Crippen LogP contribution >= 0.6 is 23.2 Å². The van der Waals surface area contributed by atoms with Crippen LogP contribution in [0.4, 0.5) is 18.9 Å². The van der Waals surface area contributed by atoms with Crippen LogP contribution in [0.3, 0.4) is 0 Å². The average Bonchev–Trinajstić information content (AvgIpc) is 3.02. The Hall–Kier alpha value is -4.60. The molecule has 0 radical (unpaired) electrons. The van der Waals surface area contributed by atoms with Gasteiger partial charge in [0.15, 0.2) is 23.2 Å². The Balaban J connectivity index is 1.94. The van der Waals surface area contributed by atoms with E-state index in [1.807, 2.05) is 19.9 Å². The fourth-order valence-electron chi connectivity index (χ4n) is 5.80. The normalized spacial score (nSPS) is 15.0. The zero-order valence-electron chi connectivity index (χ0n) is 25.1. The number of aromatic nitrogens is 3. The molecule has 1 saturated heterocycles. The number of piperazine rings is 1. The second-order valence-corrected chi connectivity index (χ2v) is 12.0. The first-order valence-corrected chi connectivity index (χ1v) is 14.9. The van der Waals surface area contributed by atoms with Gasteiger partial charge in [0.05, 0.1) is 33.3 Å². The number of carbonyl (C=O) groups is 1. The molecule has 3 aromatic heterocycles. The van der Waals surface area contributed by atoms with Gasteiger partial charge in [-0.15, -0.1) is 0 Å². The van der Waals surface area contributed by atoms with Crippen LogP contribution in [0.5, 0.6) is 5.75 Å². The maximum Gasteiger partial charge on any atom is 0.276 e. The van der Waals surface area contributed by atoms with Crippen molar-refractivity contribution in [1.82, 2.24) is 19.4 Å². The lowest BCUT2D eigenvalue weighted by Crippen LogP contribution is -2.54. The average molecular weight is 672 g/mol. The highest BCUT2D eigenvalue weighted by Gasteiger charge is 2.33. The van der Waals surface area contributed by atoms with Gasteiger partial charge in [-0.05, 0) is 43.5 Å². The van der Waals surface area contributed by atoms with Gasteiger partial charge in [-0.2, -0.15) is 5.26 Å². The summed E-state index contributed by atoms with van der Waals surface area (Å²) in [5.41, 5.74) is -1.47. The van der Waals surface area contributed by atoms with Crippen molar-refractivity contribution >= 4 is 45.8 Å². The number of amides is 1. The molecule has 1 N–H and O–H groups in total. The Morgan fingerprint density at radius 1 is 1.20 bits per heavy atom. The molecule has 1 atom stereocenters. The standard InChI is InChI=1S/C32H27Cl2F3N6O3/c1-6-20(44)42-10-9-41(13-16(42)5)29-17-11-19(33)27(21-23(35)25(37)22(34)30(45)24(21)36)40-31(17)43(32(46)18(29)12-38)28-15(4)7-8-39-26(28)14(2)3/h6-8,11,14,16,45H,1,9-10,13H2,2-5H3/t16-/m1/s1. The molecule has 1 fully saturated rings. The van der Waals surface area contributed by atoms with Crippen molar-refractivity contribution in [3.63, 3.8) is 0 Å². The van der Waals surface area contributed by atoms with Crippen LogP contribution in [0.2, 0.25) is 10.0 Å². The van der Waals surface area contributed by atoms with Crippen molar-refractivity contribution in [1.29, 1.82) is 5.26 Å². The number of nitriles is 1. The highest BCUT2D eigenvalue weighted by Crippen LogP contribution is 2.43. The molecule has 4 heterocycles. The molecule has 4 aromatic rings. The maximum atomic E-state index is 15.4. The quantitative estimate of drug-likeness (QED) is 0.148. The predicted molar refractivity (Wildman–Crippen MR) is 169 cm³/mol. The monoisotopic (exact) mass is 670 g/mol. The van der Waals surface area contributed by atoms with Crippen LogP contribution < -0.4 is 10.5 Å². The van der Waals surface area contributed by atoms with Gasteiger partial charge >= 0.3 is 0 Å². The molecule has 14 heteroatoms. The van der Waals surface area contributed by atoms with Crippen molar-refractivity contribution in [3.05, 3.63) is 85.7 Å². The molecule has 0 spiro atoms. The topological polar surface area (TPSA) is 115 Å². The molecule has 9 nitrogen and oxygen atoms in total. The largest absolute Gasteiger partial charge is 0.504 e. The van der Waals surface area contributed by atoms with E-state index in [0.29, 0.717) is 11.3 Å². The van der Waals surface area contributed by atoms with Crippen molar-refractivity contribution in [2.24, 2.45) is 0 Å². The molecule has 5 rings (SSSR count). The number of hydrogen-bond acceptors (Lipinski definition) is 7. The van der Waals surface area contributed by atoms with Crippen LogP contribution in [-0.4, -0.2) is 56.1 Å². The summed E-state index contributed by atoms with van der Waals surface area (Å²) in [5, 5.41) is 19.2. The Morgan fingerprint density at radius 2 is 1.89 bits per heavy atom. The van der Waals surface area contributed by atoms with E-state index in [0.717, 1.165) is 4.57 Å². The molecule has 0 saturated carbocycles. The Labute approximate surface area is 271 Å². The third-order valence-electron chi connectivity index (χ3n) is 7.99. The first-order valence-electron chi connectivity index (χ1n) is 14.1. The van der Waals surface area contributed by atoms with Crippen LogP contribution in [0, 0.1) is 35.7 Å². The van der Waals surface area contributed by atoms with E-state index in [2.05, 4.69) is 16.5 Å². The van der Waals surface area contributed by atoms with Gasteiger partial charge in [-0.1, -0.05) is 43.6 Å². The first kappa shape index (κ1) is 32.8. The van der Waals surface area contributed by atoms with E-state index < -0.39 is 45.0 Å². The van der Waals surface area contributed by atoms with E-state index in [1.165, 1.54) is 12.1 Å². The summed E-state index contributed by atoms with van der Waals surface area (Å²) < 4.78 is 46.5. The van der Waals surface area contributed by atoms with Gasteiger partial charge in [0.25, 0.3) is 5.56 Å². The van der Waals surface area contributed by atoms with Crippen molar-refractivity contribution in [2.75, 3.05) is 24.5 Å². The van der Waals surface area contributed by atoms with E-state index in [-0.39, 0.29) is 70.5 Å². The van der Waals surface area contributed by atoms with Crippen LogP contribution in [0.15, 0.2) is 35.8 Å². The van der Waals surface area contributed by atoms with Gasteiger partial charge in [-0.25, -0.2) is 18.2 Å². The molecule has 1 aliphatic heterocycles. The van der Waals surface area contributed by atoms with Gasteiger partial charge in [0.2, 0.25) is 5.91 Å². The number of pyridine rings is 3. The summed E-state index contributed by atoms with van der Waals surface area (Å²) in [6.45, 7) is 11.4. The number of phenolic OH excluding ortho intramolecular Hbond substituents is 1. The zero-order chi connectivity index (χ0) is 33.8. The number of aryl methyl sites for hydroxylation is 1. The Morgan fingerprint density at radius 3 is 2.50 bits per heavy atom. The number of phenols is 1. The molecule has 1 aromatic carbocycles. The minimum absolute atomic E-state index is 0.149. The lowest BCUT2D eigenvalue weighted by Gasteiger charge is -2.41. The summed E-state index contributed by atoms with van der Waals surface area (Å²) >= 11 is 12.2. The Bertz CT molecular complexity index is 2030. The first-order chi connectivity index (χ1) is 21.7. The lowest BCUT2D eigenvalue weighted by atomic mass is 10.0. The number of hydrogen-bond donors (Lipinski definition) is 1. The number of carbonyl (C=O) groups excluding carboxylic acids is 1. The highest BCUT2D eigenvalue weighted by molar-refractivity contribution is 6.34. The summed E-state index contributed by atoms with van der Waals surface area (Å²) in [7, 11) is 0. The molecule has 46 heavy (non-hydrogen) atoms. The second kappa shape index (κ2) is 12.3. The number of nitrogens with zero attached hydrogens (tertiary/aromatic N) is 6. The summed E-state index contributed by atoms with van der Waals surface area (Å²) in [6, 6.07) is 4.59. The molecule has 0 unspecified atom stereocenters. The predicted octanol–water partition coefficient (Wildman–Crippen LogP) is 6.40. The SMILES string of the molecule is C=CC(=O)N1CCN(c2c(C#N)c(=O)n(-c3c(C)ccnc3C(C)C)c3nc(-c4c(F)c(O)c(Cl)c(F)c4F)c(Cl)cc23)C[C@H]1C. The lowest BCUT2D eigenvalue weighted by molar-refractivity contribution is -0.128. The van der Waals surface area contributed by atoms with E-state index >= 15 is 8.78 Å². The fraction of sp³-hybridized carbons (Fsp3) is 0.281. The molecular weight excluding hydrogens is 644 g/mol. The molecular formula is C32H27Cl2F3N6O3. The third kappa shape index (κ3) is 5.13. The van der Waals surface area contributed by atoms with E-state index in [4.69, 9.17) is 23.2 Å². The summed E-state index contributed by atoms with van der Waals surface area (Å²) in [5.74, 6) is -6.94. The number of anilines is 1. The molecule has 1 amide bonds. The molecule has 0 aliphatic carbocycles. The van der Waals surface area contributed by atoms with Gasteiger partial charge in [-0.3, -0.25) is 19.1 Å². The van der Waals surface area contributed by atoms with Crippen LogP contribution in [0.25, 0.3) is 28.0 Å². The highest BCUT2D eigenvalue weighted by atomic mass is 35.5. The summed E-state index contributed by atoms with van der Waals surface area (Å²) in [4.78, 5) is 39.1. The van der Waals surface area contributed by atoms with E-state index in [9.17, 15) is 24.3 Å². The van der Waals surface area contributed by atoms with E-state index in [1.54, 1.807) is 35.9 Å². The molecule has 1 aliphatic rings. The number of aromatic hydroxyl groups is 1. The Kier molecular flexibility index (Phi) is 8.77. The second-order valence-electron chi connectivity index (χ2n) is 11.2. The minimum Gasteiger partial charge on any atom is -0.504 e. The van der Waals surface area contributed by atoms with Gasteiger partial charge < -0.3 is 14.9 Å². The van der Waals surface area contributed by atoms with Gasteiger partial charge in [0.1, 0.15) is 22.3 Å². The minimum atomic E-state index is -1.76. The smallest absolute Gasteiger partial charge is 0.276 e. The van der Waals surface area contributed by atoms with Crippen molar-refractivity contribution in [3.8, 4) is 28.8 Å². The zero-order valence-corrected chi connectivity index (χ0v) is 26.6.